The lowest BCUT2D eigenvalue weighted by Crippen LogP contribution is -2.65. The van der Waals surface area contributed by atoms with Gasteiger partial charge in [0.05, 0.1) is 24.8 Å². The lowest BCUT2D eigenvalue weighted by atomic mass is 9.95. The van der Waals surface area contributed by atoms with Crippen LogP contribution in [0.4, 0.5) is 14.9 Å². The van der Waals surface area contributed by atoms with E-state index in [9.17, 15) is 14.3 Å². The van der Waals surface area contributed by atoms with Crippen molar-refractivity contribution in [2.75, 3.05) is 25.0 Å². The van der Waals surface area contributed by atoms with Crippen LogP contribution in [-0.2, 0) is 9.47 Å². The van der Waals surface area contributed by atoms with Crippen LogP contribution in [-0.4, -0.2) is 66.3 Å². The van der Waals surface area contributed by atoms with Gasteiger partial charge in [-0.15, -0.1) is 0 Å². The molecule has 25 heavy (non-hydrogen) atoms. The van der Waals surface area contributed by atoms with E-state index >= 15 is 0 Å². The molecule has 2 amide bonds. The number of nitrogens with zero attached hydrogens (tertiary/aromatic N) is 1. The number of amides is 2. The number of carbonyl (C=O) groups is 1. The SMILES string of the molecule is O=C(Nc1ccc(F)cc1)NC1C2COC(O2)C(N2CCCC2)C1O. The van der Waals surface area contributed by atoms with Crippen LogP contribution in [0.3, 0.4) is 0 Å². The van der Waals surface area contributed by atoms with E-state index in [4.69, 9.17) is 9.47 Å². The molecule has 3 N–H and O–H groups in total. The largest absolute Gasteiger partial charge is 0.389 e. The predicted molar refractivity (Wildman–Crippen MR) is 87.6 cm³/mol. The third-order valence-electron chi connectivity index (χ3n) is 5.09. The summed E-state index contributed by atoms with van der Waals surface area (Å²) in [5.41, 5.74) is 0.474. The number of carbonyl (C=O) groups excluding carboxylic acids is 1. The van der Waals surface area contributed by atoms with Gasteiger partial charge in [0.25, 0.3) is 0 Å². The van der Waals surface area contributed by atoms with E-state index in [1.54, 1.807) is 0 Å². The first-order chi connectivity index (χ1) is 12.1. The Morgan fingerprint density at radius 2 is 1.96 bits per heavy atom. The fourth-order valence-corrected chi connectivity index (χ4v) is 3.86. The molecule has 5 atom stereocenters. The second kappa shape index (κ2) is 6.87. The third kappa shape index (κ3) is 3.35. The second-order valence-electron chi connectivity index (χ2n) is 6.73. The fraction of sp³-hybridized carbons (Fsp3) is 0.588. The van der Waals surface area contributed by atoms with Crippen molar-refractivity contribution in [1.29, 1.82) is 0 Å². The average Bonchev–Trinajstić information content (AvgIpc) is 3.25. The molecule has 1 aromatic carbocycles. The minimum atomic E-state index is -0.775. The Labute approximate surface area is 145 Å². The molecular formula is C17H22FN3O4. The number of urea groups is 1. The number of nitrogens with one attached hydrogen (secondary N) is 2. The van der Waals surface area contributed by atoms with Gasteiger partial charge in [-0.2, -0.15) is 0 Å². The van der Waals surface area contributed by atoms with Crippen molar-refractivity contribution in [2.45, 2.75) is 43.4 Å². The summed E-state index contributed by atoms with van der Waals surface area (Å²) in [6.07, 6.45) is 0.572. The number of aliphatic hydroxyl groups excluding tert-OH is 1. The van der Waals surface area contributed by atoms with Crippen LogP contribution in [0, 0.1) is 5.82 Å². The number of hydrogen-bond donors (Lipinski definition) is 3. The molecule has 1 aromatic rings. The number of likely N-dealkylation sites (tertiary alicyclic amines) is 1. The summed E-state index contributed by atoms with van der Waals surface area (Å²) in [4.78, 5) is 14.4. The molecule has 0 aromatic heterocycles. The highest BCUT2D eigenvalue weighted by atomic mass is 19.1. The first kappa shape index (κ1) is 16.7. The van der Waals surface area contributed by atoms with Gasteiger partial charge in [-0.25, -0.2) is 9.18 Å². The summed E-state index contributed by atoms with van der Waals surface area (Å²) >= 11 is 0. The molecular weight excluding hydrogens is 329 g/mol. The van der Waals surface area contributed by atoms with Crippen LogP contribution in [0.5, 0.6) is 0 Å². The molecule has 0 spiro atoms. The lowest BCUT2D eigenvalue weighted by molar-refractivity contribution is -0.177. The Balaban J connectivity index is 1.43. The lowest BCUT2D eigenvalue weighted by Gasteiger charge is -2.42. The van der Waals surface area contributed by atoms with E-state index in [-0.39, 0.29) is 18.0 Å². The van der Waals surface area contributed by atoms with E-state index in [1.807, 2.05) is 0 Å². The number of hydrogen-bond acceptors (Lipinski definition) is 5. The molecule has 7 nitrogen and oxygen atoms in total. The number of benzene rings is 1. The molecule has 0 radical (unpaired) electrons. The monoisotopic (exact) mass is 351 g/mol. The number of halogens is 1. The molecule has 3 fully saturated rings. The first-order valence-corrected chi connectivity index (χ1v) is 8.64. The second-order valence-corrected chi connectivity index (χ2v) is 6.73. The van der Waals surface area contributed by atoms with Crippen LogP contribution in [0.2, 0.25) is 0 Å². The van der Waals surface area contributed by atoms with E-state index in [0.29, 0.717) is 12.3 Å². The van der Waals surface area contributed by atoms with E-state index in [1.165, 1.54) is 24.3 Å². The molecule has 3 heterocycles. The third-order valence-corrected chi connectivity index (χ3v) is 5.09. The smallest absolute Gasteiger partial charge is 0.319 e. The van der Waals surface area contributed by atoms with Crippen molar-refractivity contribution in [1.82, 2.24) is 10.2 Å². The molecule has 4 rings (SSSR count). The van der Waals surface area contributed by atoms with Gasteiger partial charge < -0.3 is 25.2 Å². The highest BCUT2D eigenvalue weighted by Gasteiger charge is 2.52. The zero-order valence-electron chi connectivity index (χ0n) is 13.7. The normalized spacial score (nSPS) is 34.9. The van der Waals surface area contributed by atoms with E-state index < -0.39 is 24.5 Å². The molecule has 0 saturated carbocycles. The summed E-state index contributed by atoms with van der Waals surface area (Å²) < 4.78 is 24.5. The highest BCUT2D eigenvalue weighted by Crippen LogP contribution is 2.32. The minimum absolute atomic E-state index is 0.280. The van der Waals surface area contributed by atoms with Gasteiger partial charge in [0.1, 0.15) is 11.9 Å². The Kier molecular flexibility index (Phi) is 4.60. The standard InChI is InChI=1S/C17H22FN3O4/c18-10-3-5-11(6-4-10)19-17(23)20-13-12-9-24-16(25-12)14(15(13)22)21-7-1-2-8-21/h3-6,12-16,22H,1-2,7-9H2,(H2,19,20,23). The number of aliphatic hydroxyl groups is 1. The molecule has 5 unspecified atom stereocenters. The molecule has 3 saturated heterocycles. The molecule has 8 heteroatoms. The van der Waals surface area contributed by atoms with Crippen LogP contribution in [0.1, 0.15) is 12.8 Å². The summed E-state index contributed by atoms with van der Waals surface area (Å²) in [5.74, 6) is -0.371. The van der Waals surface area contributed by atoms with Gasteiger partial charge in [0, 0.05) is 5.69 Å². The zero-order valence-corrected chi connectivity index (χ0v) is 13.7. The fourth-order valence-electron chi connectivity index (χ4n) is 3.86. The molecule has 3 aliphatic rings. The van der Waals surface area contributed by atoms with Crippen molar-refractivity contribution in [2.24, 2.45) is 0 Å². The van der Waals surface area contributed by atoms with E-state index in [0.717, 1.165) is 25.9 Å². The summed E-state index contributed by atoms with van der Waals surface area (Å²) in [7, 11) is 0. The summed E-state index contributed by atoms with van der Waals surface area (Å²) in [5, 5.41) is 16.3. The number of ether oxygens (including phenoxy) is 2. The summed E-state index contributed by atoms with van der Waals surface area (Å²) in [6.45, 7) is 2.13. The van der Waals surface area contributed by atoms with Crippen molar-refractivity contribution < 1.29 is 23.8 Å². The molecule has 0 aliphatic carbocycles. The quantitative estimate of drug-likeness (QED) is 0.754. The molecule has 136 valence electrons. The van der Waals surface area contributed by atoms with Crippen LogP contribution in [0.25, 0.3) is 0 Å². The Hall–Kier alpha value is -1.74. The van der Waals surface area contributed by atoms with Crippen LogP contribution in [0.15, 0.2) is 24.3 Å². The Morgan fingerprint density at radius 3 is 2.68 bits per heavy atom. The molecule has 2 bridgehead atoms. The van der Waals surface area contributed by atoms with Crippen LogP contribution >= 0.6 is 0 Å². The van der Waals surface area contributed by atoms with Gasteiger partial charge >= 0.3 is 6.03 Å². The van der Waals surface area contributed by atoms with E-state index in [2.05, 4.69) is 15.5 Å². The van der Waals surface area contributed by atoms with Crippen molar-refractivity contribution in [3.8, 4) is 0 Å². The van der Waals surface area contributed by atoms with Gasteiger partial charge in [-0.1, -0.05) is 0 Å². The van der Waals surface area contributed by atoms with Gasteiger partial charge in [0.2, 0.25) is 0 Å². The highest BCUT2D eigenvalue weighted by molar-refractivity contribution is 5.89. The maximum Gasteiger partial charge on any atom is 0.319 e. The first-order valence-electron chi connectivity index (χ1n) is 8.64. The minimum Gasteiger partial charge on any atom is -0.389 e. The topological polar surface area (TPSA) is 83.1 Å². The summed E-state index contributed by atoms with van der Waals surface area (Å²) in [6, 6.07) is 4.18. The Bertz CT molecular complexity index is 621. The Morgan fingerprint density at radius 1 is 1.24 bits per heavy atom. The number of rotatable bonds is 3. The number of fused-ring (bicyclic) bond motifs is 2. The maximum atomic E-state index is 12.9. The van der Waals surface area contributed by atoms with Crippen molar-refractivity contribution >= 4 is 11.7 Å². The number of anilines is 1. The van der Waals surface area contributed by atoms with Crippen molar-refractivity contribution in [3.63, 3.8) is 0 Å². The van der Waals surface area contributed by atoms with Gasteiger partial charge in [-0.3, -0.25) is 4.90 Å². The van der Waals surface area contributed by atoms with Gasteiger partial charge in [-0.05, 0) is 50.2 Å². The maximum absolute atomic E-state index is 12.9. The van der Waals surface area contributed by atoms with Gasteiger partial charge in [0.15, 0.2) is 6.29 Å². The average molecular weight is 351 g/mol. The van der Waals surface area contributed by atoms with Crippen LogP contribution < -0.4 is 10.6 Å². The zero-order chi connectivity index (χ0) is 17.4. The predicted octanol–water partition coefficient (Wildman–Crippen LogP) is 0.896. The molecule has 3 aliphatic heterocycles. The van der Waals surface area contributed by atoms with Crippen molar-refractivity contribution in [3.05, 3.63) is 30.1 Å².